The highest BCUT2D eigenvalue weighted by atomic mass is 28.4. The molecule has 2 amide bonds. The fourth-order valence-corrected chi connectivity index (χ4v) is 6.08. The van der Waals surface area contributed by atoms with Crippen LogP contribution in [-0.2, 0) is 24.4 Å². The number of carbonyl (C=O) groups excluding carboxylic acids is 2. The number of fused-ring (bicyclic) bond motifs is 5. The number of hydrogen-bond donors (Lipinski definition) is 0. The number of ether oxygens (including phenoxy) is 1. The summed E-state index contributed by atoms with van der Waals surface area (Å²) in [6.07, 6.45) is -0.125. The van der Waals surface area contributed by atoms with Crippen LogP contribution in [0.2, 0.25) is 18.1 Å². The second-order valence-electron chi connectivity index (χ2n) is 12.7. The minimum atomic E-state index is -2.06. The first-order valence-corrected chi connectivity index (χ1v) is 16.4. The molecule has 0 saturated heterocycles. The minimum Gasteiger partial charge on any atom is -0.448 e. The average Bonchev–Trinajstić information content (AvgIpc) is 3.12. The predicted molar refractivity (Wildman–Crippen MR) is 153 cm³/mol. The van der Waals surface area contributed by atoms with Gasteiger partial charge in [-0.05, 0) is 37.2 Å². The van der Waals surface area contributed by atoms with Gasteiger partial charge < -0.3 is 14.1 Å². The maximum absolute atomic E-state index is 14.1. The van der Waals surface area contributed by atoms with Gasteiger partial charge in [-0.25, -0.2) is 9.63 Å². The van der Waals surface area contributed by atoms with Crippen LogP contribution in [0.5, 0.6) is 0 Å². The Morgan fingerprint density at radius 2 is 1.58 bits per heavy atom. The van der Waals surface area contributed by atoms with E-state index in [1.807, 2.05) is 74.2 Å². The lowest BCUT2D eigenvalue weighted by Crippen LogP contribution is -2.54. The first-order valence-electron chi connectivity index (χ1n) is 13.5. The van der Waals surface area contributed by atoms with E-state index >= 15 is 0 Å². The minimum absolute atomic E-state index is 0.00914. The first-order chi connectivity index (χ1) is 17.7. The van der Waals surface area contributed by atoms with E-state index < -0.39 is 31.5 Å². The van der Waals surface area contributed by atoms with Crippen molar-refractivity contribution in [1.82, 2.24) is 0 Å². The highest BCUT2D eigenvalue weighted by Crippen LogP contribution is 2.60. The Hall–Kier alpha value is -2.68. The van der Waals surface area contributed by atoms with Crippen molar-refractivity contribution in [2.75, 3.05) is 23.2 Å². The summed E-state index contributed by atoms with van der Waals surface area (Å²) in [4.78, 5) is 35.9. The molecule has 4 rings (SSSR count). The highest BCUT2D eigenvalue weighted by Gasteiger charge is 2.61. The van der Waals surface area contributed by atoms with Crippen LogP contribution in [0.4, 0.5) is 16.2 Å². The molecule has 8 heteroatoms. The van der Waals surface area contributed by atoms with Crippen LogP contribution in [0.15, 0.2) is 48.5 Å². The monoisotopic (exact) mass is 538 g/mol. The van der Waals surface area contributed by atoms with Gasteiger partial charge in [0.1, 0.15) is 6.04 Å². The van der Waals surface area contributed by atoms with Gasteiger partial charge in [-0.1, -0.05) is 77.9 Å². The van der Waals surface area contributed by atoms with Crippen LogP contribution in [0.3, 0.4) is 0 Å². The van der Waals surface area contributed by atoms with Crippen molar-refractivity contribution in [3.05, 3.63) is 59.7 Å². The van der Waals surface area contributed by atoms with Crippen molar-refractivity contribution in [3.63, 3.8) is 0 Å². The van der Waals surface area contributed by atoms with Crippen molar-refractivity contribution in [3.8, 4) is 0 Å². The average molecular weight is 539 g/mol. The molecule has 2 aromatic rings. The largest absolute Gasteiger partial charge is 0.448 e. The van der Waals surface area contributed by atoms with E-state index in [2.05, 4.69) is 33.9 Å². The zero-order valence-electron chi connectivity index (χ0n) is 24.3. The second kappa shape index (κ2) is 9.81. The van der Waals surface area contributed by atoms with E-state index in [-0.39, 0.29) is 17.6 Å². The normalized spacial score (nSPS) is 21.0. The van der Waals surface area contributed by atoms with Crippen molar-refractivity contribution >= 4 is 31.7 Å². The molecular formula is C30H42N2O5Si. The molecule has 2 aliphatic heterocycles. The summed E-state index contributed by atoms with van der Waals surface area (Å²) in [7, 11) is -2.06. The lowest BCUT2D eigenvalue weighted by Gasteiger charge is -2.47. The van der Waals surface area contributed by atoms with E-state index in [1.54, 1.807) is 6.92 Å². The summed E-state index contributed by atoms with van der Waals surface area (Å²) < 4.78 is 12.0. The van der Waals surface area contributed by atoms with Gasteiger partial charge in [-0.15, -0.1) is 0 Å². The lowest BCUT2D eigenvalue weighted by molar-refractivity contribution is -0.131. The molecule has 0 aromatic heterocycles. The maximum Gasteiger partial charge on any atom is 0.438 e. The highest BCUT2D eigenvalue weighted by molar-refractivity contribution is 6.74. The van der Waals surface area contributed by atoms with Crippen LogP contribution in [-0.4, -0.2) is 33.5 Å². The van der Waals surface area contributed by atoms with Gasteiger partial charge in [-0.3, -0.25) is 4.79 Å². The zero-order valence-corrected chi connectivity index (χ0v) is 25.3. The van der Waals surface area contributed by atoms with E-state index in [9.17, 15) is 9.59 Å². The van der Waals surface area contributed by atoms with Gasteiger partial charge in [0.15, 0.2) is 13.9 Å². The van der Waals surface area contributed by atoms with E-state index in [0.717, 1.165) is 16.8 Å². The van der Waals surface area contributed by atoms with E-state index in [1.165, 1.54) is 5.06 Å². The molecule has 0 radical (unpaired) electrons. The fraction of sp³-hybridized carbons (Fsp3) is 0.533. The van der Waals surface area contributed by atoms with E-state index in [4.69, 9.17) is 14.0 Å². The predicted octanol–water partition coefficient (Wildman–Crippen LogP) is 7.34. The summed E-state index contributed by atoms with van der Waals surface area (Å²) in [5.74, 6) is -0.00914. The molecule has 7 nitrogen and oxygen atoms in total. The SMILES string of the molecule is CCOC(=O)N1O[C@@]2(CCO[Si](C)(C)C(C)(C)C)c3ccccc3N(C(=O)C(C)(C)C)[C@H]2c2ccccc21. The molecule has 0 bridgehead atoms. The number of carbonyl (C=O) groups is 2. The molecule has 0 saturated carbocycles. The Morgan fingerprint density at radius 1 is 0.974 bits per heavy atom. The van der Waals surface area contributed by atoms with E-state index in [0.29, 0.717) is 18.7 Å². The third-order valence-corrected chi connectivity index (χ3v) is 12.6. The number of hydroxylamine groups is 1. The summed E-state index contributed by atoms with van der Waals surface area (Å²) in [5.41, 5.74) is 1.41. The summed E-state index contributed by atoms with van der Waals surface area (Å²) >= 11 is 0. The van der Waals surface area contributed by atoms with Gasteiger partial charge in [0.2, 0.25) is 5.91 Å². The van der Waals surface area contributed by atoms with Crippen molar-refractivity contribution in [1.29, 1.82) is 0 Å². The van der Waals surface area contributed by atoms with Crippen LogP contribution in [0, 0.1) is 5.41 Å². The maximum atomic E-state index is 14.1. The molecule has 38 heavy (non-hydrogen) atoms. The molecular weight excluding hydrogens is 496 g/mol. The topological polar surface area (TPSA) is 68.3 Å². The molecule has 206 valence electrons. The molecule has 0 spiro atoms. The summed E-state index contributed by atoms with van der Waals surface area (Å²) in [6, 6.07) is 15.0. The molecule has 2 aromatic carbocycles. The van der Waals surface area contributed by atoms with Gasteiger partial charge >= 0.3 is 6.09 Å². The summed E-state index contributed by atoms with van der Waals surface area (Å²) in [6.45, 7) is 19.3. The number of rotatable bonds is 5. The molecule has 0 aliphatic carbocycles. The van der Waals surface area contributed by atoms with Crippen LogP contribution < -0.4 is 9.96 Å². The van der Waals surface area contributed by atoms with Crippen LogP contribution >= 0.6 is 0 Å². The number of nitrogens with zero attached hydrogens (tertiary/aromatic N) is 2. The third kappa shape index (κ3) is 4.67. The number of amides is 2. The Morgan fingerprint density at radius 3 is 2.18 bits per heavy atom. The third-order valence-electron chi connectivity index (χ3n) is 8.06. The summed E-state index contributed by atoms with van der Waals surface area (Å²) in [5, 5.41) is 1.31. The Bertz CT molecular complexity index is 1220. The van der Waals surface area contributed by atoms with Crippen molar-refractivity contribution < 1.29 is 23.6 Å². The second-order valence-corrected chi connectivity index (χ2v) is 17.5. The number of para-hydroxylation sites is 2. The smallest absolute Gasteiger partial charge is 0.438 e. The molecule has 0 unspecified atom stereocenters. The van der Waals surface area contributed by atoms with Crippen molar-refractivity contribution in [2.24, 2.45) is 5.41 Å². The molecule has 2 heterocycles. The Kier molecular flexibility index (Phi) is 7.31. The first kappa shape index (κ1) is 28.3. The Balaban J connectivity index is 1.91. The van der Waals surface area contributed by atoms with Crippen LogP contribution in [0.1, 0.15) is 72.1 Å². The molecule has 0 fully saturated rings. The number of benzene rings is 2. The number of hydrogen-bond acceptors (Lipinski definition) is 5. The van der Waals surface area contributed by atoms with Crippen LogP contribution in [0.25, 0.3) is 0 Å². The molecule has 2 aliphatic rings. The number of anilines is 2. The van der Waals surface area contributed by atoms with Crippen molar-refractivity contribution in [2.45, 2.75) is 84.7 Å². The quantitative estimate of drug-likeness (QED) is 0.373. The van der Waals surface area contributed by atoms with Gasteiger partial charge in [0.25, 0.3) is 0 Å². The molecule has 2 atom stereocenters. The standard InChI is InChI=1S/C30H42N2O5Si/c1-10-35-27(34)32-23-17-13-11-15-21(23)25-30(37-32,19-20-36-38(8,9)29(5,6)7)22-16-12-14-18-24(22)31(25)26(33)28(2,3)4/h11-18,25H,10,19-20H2,1-9H3/t25-,30-/m0/s1. The fourth-order valence-electron chi connectivity index (χ4n) is 5.04. The lowest BCUT2D eigenvalue weighted by atomic mass is 9.80. The Labute approximate surface area is 228 Å². The zero-order chi connectivity index (χ0) is 28.1. The van der Waals surface area contributed by atoms with Gasteiger partial charge in [0.05, 0.1) is 18.0 Å². The molecule has 0 N–H and O–H groups in total. The van der Waals surface area contributed by atoms with Gasteiger partial charge in [-0.2, -0.15) is 5.06 Å². The van der Waals surface area contributed by atoms with Gasteiger partial charge in [0, 0.05) is 29.6 Å².